The number of nitrogens with zero attached hydrogens (tertiary/aromatic N) is 13. The van der Waals surface area contributed by atoms with E-state index in [1.54, 1.807) is 41.3 Å². The van der Waals surface area contributed by atoms with E-state index >= 15 is 0 Å². The maximum Gasteiger partial charge on any atom is 1.00 e. The van der Waals surface area contributed by atoms with Crippen molar-refractivity contribution in [1.29, 1.82) is 0 Å². The van der Waals surface area contributed by atoms with Crippen LogP contribution in [0.25, 0.3) is 0 Å². The van der Waals surface area contributed by atoms with Crippen molar-refractivity contribution in [1.82, 2.24) is 60.2 Å². The van der Waals surface area contributed by atoms with E-state index in [0.717, 1.165) is 40.8 Å². The van der Waals surface area contributed by atoms with Crippen molar-refractivity contribution in [2.24, 2.45) is 23.7 Å². The predicted molar refractivity (Wildman–Crippen MR) is 192 cm³/mol. The number of fused-ring (bicyclic) bond motifs is 3. The van der Waals surface area contributed by atoms with Crippen LogP contribution >= 0.6 is 0 Å². The minimum absolute atomic E-state index is 0. The molecule has 23 heteroatoms. The number of halogens is 4. The summed E-state index contributed by atoms with van der Waals surface area (Å²) in [5.74, 6) is -7.69. The molecule has 0 aromatic carbocycles. The molecule has 18 nitrogen and oxygen atoms in total. The first kappa shape index (κ1) is 40.0. The topological polar surface area (TPSA) is 228 Å². The van der Waals surface area contributed by atoms with Crippen LogP contribution in [0.15, 0.2) is 37.1 Å². The number of rotatable bonds is 9. The molecule has 5 aromatic rings. The average molecular weight is 810 g/mol. The summed E-state index contributed by atoms with van der Waals surface area (Å²) in [6.07, 6.45) is 9.28. The van der Waals surface area contributed by atoms with Crippen molar-refractivity contribution in [3.8, 4) is 0 Å². The summed E-state index contributed by atoms with van der Waals surface area (Å²) in [5, 5.41) is 28.9. The van der Waals surface area contributed by atoms with Gasteiger partial charge in [-0.25, -0.2) is 51.8 Å². The third-order valence-electron chi connectivity index (χ3n) is 11.8. The number of hydrogen-bond donors (Lipinski definition) is 2. The number of hydrogen-bond acceptors (Lipinski definition) is 15. The van der Waals surface area contributed by atoms with Crippen molar-refractivity contribution in [3.05, 3.63) is 82.1 Å². The number of amides is 1. The molecule has 10 rings (SSSR count). The molecular formula is C36H36F4LiN15O3. The number of nitrogens with one attached hydrogen (secondary N) is 1. The Morgan fingerprint density at radius 3 is 1.78 bits per heavy atom. The Kier molecular flexibility index (Phi) is 10.1. The number of carbonyl (C=O) groups excluding carboxylic acids is 2. The summed E-state index contributed by atoms with van der Waals surface area (Å²) in [6, 6.07) is 1.74. The predicted octanol–water partition coefficient (Wildman–Crippen LogP) is -1.99. The van der Waals surface area contributed by atoms with E-state index in [9.17, 15) is 32.3 Å². The van der Waals surface area contributed by atoms with Gasteiger partial charge in [-0.2, -0.15) is 0 Å². The smallest absolute Gasteiger partial charge is 0.543 e. The number of anilines is 3. The van der Waals surface area contributed by atoms with Crippen LogP contribution in [-0.4, -0.2) is 105 Å². The summed E-state index contributed by atoms with van der Waals surface area (Å²) >= 11 is 0. The maximum absolute atomic E-state index is 13.5. The number of aromatic carboxylic acids is 1. The molecular weight excluding hydrogens is 773 g/mol. The molecule has 0 spiro atoms. The zero-order chi connectivity index (χ0) is 40.7. The molecule has 59 heavy (non-hydrogen) atoms. The van der Waals surface area contributed by atoms with Gasteiger partial charge in [0.25, 0.3) is 17.8 Å². The summed E-state index contributed by atoms with van der Waals surface area (Å²) < 4.78 is 56.3. The first-order valence-electron chi connectivity index (χ1n) is 18.6. The molecule has 2 saturated heterocycles. The molecule has 3 N–H and O–H groups in total. The molecule has 0 bridgehead atoms. The zero-order valence-corrected chi connectivity index (χ0v) is 32.1. The number of alkyl halides is 4. The summed E-state index contributed by atoms with van der Waals surface area (Å²) in [6.45, 7) is 5.33. The van der Waals surface area contributed by atoms with Crippen LogP contribution < -0.4 is 44.8 Å². The second-order valence-corrected chi connectivity index (χ2v) is 15.4. The Hall–Kier alpha value is -5.75. The third kappa shape index (κ3) is 7.43. The van der Waals surface area contributed by atoms with Crippen LogP contribution in [0.4, 0.5) is 35.3 Å². The van der Waals surface area contributed by atoms with E-state index in [1.165, 1.54) is 10.9 Å². The van der Waals surface area contributed by atoms with Gasteiger partial charge in [-0.1, -0.05) is 10.4 Å². The zero-order valence-electron chi connectivity index (χ0n) is 32.1. The molecule has 5 atom stereocenters. The molecule has 4 unspecified atom stereocenters. The molecule has 5 aliphatic rings. The number of aryl methyl sites for hydroxylation is 2. The molecule has 2 aliphatic heterocycles. The molecule has 5 aromatic heterocycles. The average Bonchev–Trinajstić information content (AvgIpc) is 3.84. The van der Waals surface area contributed by atoms with Crippen LogP contribution in [0.5, 0.6) is 0 Å². The number of nitrogens with two attached hydrogens (primary N) is 1. The minimum atomic E-state index is -2.53. The molecule has 7 heterocycles. The van der Waals surface area contributed by atoms with Gasteiger partial charge in [0.2, 0.25) is 11.9 Å². The van der Waals surface area contributed by atoms with Crippen molar-refractivity contribution < 1.29 is 51.1 Å². The van der Waals surface area contributed by atoms with Gasteiger partial charge in [0.05, 0.1) is 61.2 Å². The van der Waals surface area contributed by atoms with Crippen LogP contribution in [-0.2, 0) is 19.5 Å². The van der Waals surface area contributed by atoms with Gasteiger partial charge in [-0.05, 0) is 43.9 Å². The van der Waals surface area contributed by atoms with E-state index in [0.29, 0.717) is 30.0 Å². The fourth-order valence-corrected chi connectivity index (χ4v) is 8.16. The summed E-state index contributed by atoms with van der Waals surface area (Å²) in [7, 11) is 0. The largest absolute Gasteiger partial charge is 1.00 e. The quantitative estimate of drug-likeness (QED) is 0.121. The number of carboxylic acids is 1. The van der Waals surface area contributed by atoms with Crippen LogP contribution in [0, 0.1) is 37.5 Å². The van der Waals surface area contributed by atoms with Crippen molar-refractivity contribution in [2.45, 2.75) is 57.7 Å². The third-order valence-corrected chi connectivity index (χ3v) is 11.8. The molecule has 2 saturated carbocycles. The van der Waals surface area contributed by atoms with Crippen LogP contribution in [0.1, 0.15) is 67.1 Å². The molecule has 302 valence electrons. The standard InChI is InChI=1S/C22H23F2N9O.C14H14F2N6O2.Li/c1-11-12(6-27-21(28-11)32-8-15-16(9-32)22(15,23)24)7-33-10-18(30-31-33)20(34)29-17-3-2-14-13(17)4-5-26-19(14)25;1-7-8(3-22-6-11(12(23)24)19-20-22)2-17-13(18-7)21-4-9-10(5-21)14(9,15)16;/h4-6,10,15-17H,2-3,7-9H2,1H3,(H2,25,26)(H,29,34);2,6,9-10H,3-5H2,1H3,(H,23,24);/q;;+1/p-1/t15?,16?,17-;;/m1../s1. The van der Waals surface area contributed by atoms with E-state index in [2.05, 4.69) is 50.9 Å². The van der Waals surface area contributed by atoms with Gasteiger partial charge in [0.1, 0.15) is 11.5 Å². The second-order valence-electron chi connectivity index (χ2n) is 15.4. The summed E-state index contributed by atoms with van der Waals surface area (Å²) in [4.78, 5) is 48.6. The number of carboxylic acid groups (broad SMARTS) is 1. The van der Waals surface area contributed by atoms with Crippen molar-refractivity contribution in [3.63, 3.8) is 0 Å². The van der Waals surface area contributed by atoms with Gasteiger partial charge in [-0.15, -0.1) is 10.2 Å². The van der Waals surface area contributed by atoms with Crippen molar-refractivity contribution >= 4 is 29.6 Å². The van der Waals surface area contributed by atoms with Gasteiger partial charge in [-0.3, -0.25) is 4.79 Å². The Balaban J connectivity index is 0.000000171. The monoisotopic (exact) mass is 809 g/mol. The molecule has 0 radical (unpaired) electrons. The number of aromatic nitrogens is 11. The van der Waals surface area contributed by atoms with Crippen LogP contribution in [0.3, 0.4) is 0 Å². The second kappa shape index (κ2) is 14.8. The number of carbonyl (C=O) groups is 2. The molecule has 1 amide bonds. The van der Waals surface area contributed by atoms with E-state index in [4.69, 9.17) is 5.73 Å². The Bertz CT molecular complexity index is 2420. The summed E-state index contributed by atoms with van der Waals surface area (Å²) in [5.41, 5.74) is 10.8. The minimum Gasteiger partial charge on any atom is -0.543 e. The van der Waals surface area contributed by atoms with E-state index < -0.39 is 41.5 Å². The normalized spacial score (nSPS) is 23.7. The van der Waals surface area contributed by atoms with Gasteiger partial charge in [0, 0.05) is 67.3 Å². The Morgan fingerprint density at radius 1 is 0.814 bits per heavy atom. The van der Waals surface area contributed by atoms with Gasteiger partial charge in [0.15, 0.2) is 5.69 Å². The Labute approximate surface area is 345 Å². The number of nitrogen functional groups attached to an aromatic ring is 1. The van der Waals surface area contributed by atoms with Gasteiger partial charge < -0.3 is 30.8 Å². The van der Waals surface area contributed by atoms with Gasteiger partial charge >= 0.3 is 18.9 Å². The Morgan fingerprint density at radius 2 is 1.31 bits per heavy atom. The number of pyridine rings is 1. The molecule has 3 aliphatic carbocycles. The van der Waals surface area contributed by atoms with Crippen molar-refractivity contribution in [2.75, 3.05) is 41.7 Å². The van der Waals surface area contributed by atoms with E-state index in [1.807, 2.05) is 17.9 Å². The van der Waals surface area contributed by atoms with E-state index in [-0.39, 0.29) is 74.9 Å². The molecule has 4 fully saturated rings. The van der Waals surface area contributed by atoms with Crippen LogP contribution in [0.2, 0.25) is 0 Å². The SMILES string of the molecule is Cc1nc(N2CC3C(C2)C3(F)F)ncc1Cn1cc(C(=O)N[C@@H]2CCc3c2ccnc3N)nn1.Cc1nc(N2CC3C(C2)C3(F)F)ncc1Cn1cc(C(=O)[O-])nn1.[Li+]. The fraction of sp³-hybridized carbons (Fsp3) is 0.472. The maximum atomic E-state index is 13.5. The fourth-order valence-electron chi connectivity index (χ4n) is 8.16. The number of piperidine rings is 2. The first-order valence-corrected chi connectivity index (χ1v) is 18.6. The first-order chi connectivity index (χ1) is 27.7.